The molecule has 1 amide bonds. The van der Waals surface area contributed by atoms with E-state index in [1.807, 2.05) is 0 Å². The van der Waals surface area contributed by atoms with E-state index in [0.29, 0.717) is 18.4 Å². The van der Waals surface area contributed by atoms with Crippen molar-refractivity contribution in [2.24, 2.45) is 17.1 Å². The van der Waals surface area contributed by atoms with Crippen molar-refractivity contribution < 1.29 is 9.53 Å². The number of likely N-dealkylation sites (tertiary alicyclic amines) is 1. The molecule has 4 nitrogen and oxygen atoms in total. The van der Waals surface area contributed by atoms with Gasteiger partial charge in [-0.25, -0.2) is 0 Å². The first-order valence-corrected chi connectivity index (χ1v) is 8.20. The van der Waals surface area contributed by atoms with Gasteiger partial charge in [0.1, 0.15) is 0 Å². The Morgan fingerprint density at radius 3 is 2.30 bits per heavy atom. The van der Waals surface area contributed by atoms with Crippen LogP contribution in [0.1, 0.15) is 51.4 Å². The summed E-state index contributed by atoms with van der Waals surface area (Å²) in [6.45, 7) is 3.11. The largest absolute Gasteiger partial charge is 0.384 e. The summed E-state index contributed by atoms with van der Waals surface area (Å²) in [4.78, 5) is 15.0. The molecule has 2 fully saturated rings. The van der Waals surface area contributed by atoms with Crippen LogP contribution in [-0.2, 0) is 9.53 Å². The fourth-order valence-corrected chi connectivity index (χ4v) is 3.78. The third-order valence-corrected chi connectivity index (χ3v) is 5.21. The fraction of sp³-hybridized carbons (Fsp3) is 0.938. The summed E-state index contributed by atoms with van der Waals surface area (Å²) >= 11 is 0. The number of hydrogen-bond acceptors (Lipinski definition) is 3. The lowest BCUT2D eigenvalue weighted by atomic mass is 9.78. The molecule has 1 heterocycles. The predicted molar refractivity (Wildman–Crippen MR) is 80.4 cm³/mol. The Hall–Kier alpha value is -0.610. The van der Waals surface area contributed by atoms with Gasteiger partial charge in [0.15, 0.2) is 0 Å². The first kappa shape index (κ1) is 15.8. The molecular formula is C16H30N2O2. The van der Waals surface area contributed by atoms with E-state index in [9.17, 15) is 4.79 Å². The average molecular weight is 282 g/mol. The van der Waals surface area contributed by atoms with Gasteiger partial charge >= 0.3 is 0 Å². The molecule has 2 aliphatic rings. The lowest BCUT2D eigenvalue weighted by Gasteiger charge is -2.39. The Morgan fingerprint density at radius 1 is 1.20 bits per heavy atom. The molecule has 0 spiro atoms. The summed E-state index contributed by atoms with van der Waals surface area (Å²) in [7, 11) is 1.76. The van der Waals surface area contributed by atoms with E-state index >= 15 is 0 Å². The molecule has 0 aromatic carbocycles. The third-order valence-electron chi connectivity index (χ3n) is 5.21. The summed E-state index contributed by atoms with van der Waals surface area (Å²) in [5.41, 5.74) is 5.76. The molecule has 0 aromatic heterocycles. The SMILES string of the molecule is COCC1CCN(C(=O)C2(CN)CCCCCC2)CC1. The number of amides is 1. The number of methoxy groups -OCH3 is 1. The molecule has 20 heavy (non-hydrogen) atoms. The number of nitrogens with two attached hydrogens (primary N) is 1. The molecular weight excluding hydrogens is 252 g/mol. The molecule has 0 bridgehead atoms. The molecule has 1 saturated heterocycles. The highest BCUT2D eigenvalue weighted by Gasteiger charge is 2.40. The Bertz CT molecular complexity index is 304. The van der Waals surface area contributed by atoms with E-state index in [1.165, 1.54) is 12.8 Å². The number of carbonyl (C=O) groups is 1. The van der Waals surface area contributed by atoms with Gasteiger partial charge in [-0.3, -0.25) is 4.79 Å². The van der Waals surface area contributed by atoms with Crippen molar-refractivity contribution in [2.45, 2.75) is 51.4 Å². The zero-order valence-corrected chi connectivity index (χ0v) is 12.9. The number of carbonyl (C=O) groups excluding carboxylic acids is 1. The van der Waals surface area contributed by atoms with Crippen LogP contribution in [0.4, 0.5) is 0 Å². The minimum absolute atomic E-state index is 0.259. The van der Waals surface area contributed by atoms with Crippen molar-refractivity contribution in [2.75, 3.05) is 33.4 Å². The van der Waals surface area contributed by atoms with Crippen LogP contribution in [0.2, 0.25) is 0 Å². The first-order valence-electron chi connectivity index (χ1n) is 8.20. The fourth-order valence-electron chi connectivity index (χ4n) is 3.78. The Morgan fingerprint density at radius 2 is 1.80 bits per heavy atom. The zero-order valence-electron chi connectivity index (χ0n) is 12.9. The van der Waals surface area contributed by atoms with Crippen LogP contribution in [0.5, 0.6) is 0 Å². The van der Waals surface area contributed by atoms with Crippen molar-refractivity contribution in [1.29, 1.82) is 0 Å². The van der Waals surface area contributed by atoms with Gasteiger partial charge in [0, 0.05) is 33.4 Å². The van der Waals surface area contributed by atoms with E-state index in [0.717, 1.165) is 58.2 Å². The number of ether oxygens (including phenoxy) is 1. The summed E-state index contributed by atoms with van der Waals surface area (Å²) in [5, 5.41) is 0. The van der Waals surface area contributed by atoms with Crippen molar-refractivity contribution in [3.8, 4) is 0 Å². The predicted octanol–water partition coefficient (Wildman–Crippen LogP) is 2.17. The molecule has 0 atom stereocenters. The summed E-state index contributed by atoms with van der Waals surface area (Å²) in [6, 6.07) is 0. The summed E-state index contributed by atoms with van der Waals surface area (Å²) < 4.78 is 5.23. The van der Waals surface area contributed by atoms with Gasteiger partial charge in [-0.1, -0.05) is 25.7 Å². The van der Waals surface area contributed by atoms with Gasteiger partial charge in [-0.05, 0) is 31.6 Å². The van der Waals surface area contributed by atoms with E-state index in [-0.39, 0.29) is 5.41 Å². The maximum absolute atomic E-state index is 12.9. The van der Waals surface area contributed by atoms with Gasteiger partial charge in [0.2, 0.25) is 5.91 Å². The topological polar surface area (TPSA) is 55.6 Å². The molecule has 0 unspecified atom stereocenters. The van der Waals surface area contributed by atoms with Crippen LogP contribution in [0.15, 0.2) is 0 Å². The molecule has 1 aliphatic heterocycles. The first-order chi connectivity index (χ1) is 9.72. The molecule has 2 rings (SSSR count). The number of piperidine rings is 1. The van der Waals surface area contributed by atoms with Crippen LogP contribution < -0.4 is 5.73 Å². The van der Waals surface area contributed by atoms with Gasteiger partial charge in [0.05, 0.1) is 5.41 Å². The van der Waals surface area contributed by atoms with Crippen molar-refractivity contribution in [3.05, 3.63) is 0 Å². The quantitative estimate of drug-likeness (QED) is 0.804. The van der Waals surface area contributed by atoms with Gasteiger partial charge in [-0.15, -0.1) is 0 Å². The lowest BCUT2D eigenvalue weighted by Crippen LogP contribution is -2.50. The highest BCUT2D eigenvalue weighted by molar-refractivity contribution is 5.83. The minimum atomic E-state index is -0.259. The number of rotatable bonds is 4. The highest BCUT2D eigenvalue weighted by atomic mass is 16.5. The van der Waals surface area contributed by atoms with Crippen LogP contribution in [0, 0.1) is 11.3 Å². The van der Waals surface area contributed by atoms with Crippen molar-refractivity contribution in [3.63, 3.8) is 0 Å². The molecule has 2 N–H and O–H groups in total. The van der Waals surface area contributed by atoms with Crippen molar-refractivity contribution >= 4 is 5.91 Å². The van der Waals surface area contributed by atoms with Gasteiger partial charge in [-0.2, -0.15) is 0 Å². The maximum Gasteiger partial charge on any atom is 0.230 e. The molecule has 0 radical (unpaired) electrons. The molecule has 1 aliphatic carbocycles. The second-order valence-electron chi connectivity index (χ2n) is 6.59. The Labute approximate surface area is 123 Å². The number of nitrogens with zero attached hydrogens (tertiary/aromatic N) is 1. The van der Waals surface area contributed by atoms with Crippen LogP contribution in [-0.4, -0.2) is 44.2 Å². The monoisotopic (exact) mass is 282 g/mol. The van der Waals surface area contributed by atoms with Gasteiger partial charge < -0.3 is 15.4 Å². The Kier molecular flexibility index (Phi) is 5.85. The van der Waals surface area contributed by atoms with Crippen LogP contribution in [0.25, 0.3) is 0 Å². The zero-order chi connectivity index (χ0) is 14.4. The number of hydrogen-bond donors (Lipinski definition) is 1. The second kappa shape index (κ2) is 7.41. The average Bonchev–Trinajstić information content (AvgIpc) is 2.74. The standard InChI is InChI=1S/C16H30N2O2/c1-20-12-14-6-10-18(11-7-14)15(19)16(13-17)8-4-2-3-5-9-16/h14H,2-13,17H2,1H3. The lowest BCUT2D eigenvalue weighted by molar-refractivity contribution is -0.144. The maximum atomic E-state index is 12.9. The smallest absolute Gasteiger partial charge is 0.230 e. The van der Waals surface area contributed by atoms with E-state index < -0.39 is 0 Å². The second-order valence-corrected chi connectivity index (χ2v) is 6.59. The summed E-state index contributed by atoms with van der Waals surface area (Å²) in [5.74, 6) is 0.949. The summed E-state index contributed by atoms with van der Waals surface area (Å²) in [6.07, 6.45) is 8.93. The minimum Gasteiger partial charge on any atom is -0.384 e. The molecule has 4 heteroatoms. The highest BCUT2D eigenvalue weighted by Crippen LogP contribution is 2.36. The van der Waals surface area contributed by atoms with Gasteiger partial charge in [0.25, 0.3) is 0 Å². The normalized spacial score (nSPS) is 24.4. The molecule has 116 valence electrons. The molecule has 1 saturated carbocycles. The Balaban J connectivity index is 1.95. The van der Waals surface area contributed by atoms with Crippen LogP contribution >= 0.6 is 0 Å². The van der Waals surface area contributed by atoms with Crippen LogP contribution in [0.3, 0.4) is 0 Å². The van der Waals surface area contributed by atoms with E-state index in [1.54, 1.807) is 7.11 Å². The molecule has 0 aromatic rings. The van der Waals surface area contributed by atoms with E-state index in [2.05, 4.69) is 4.90 Å². The van der Waals surface area contributed by atoms with E-state index in [4.69, 9.17) is 10.5 Å². The third kappa shape index (κ3) is 3.53. The van der Waals surface area contributed by atoms with Crippen molar-refractivity contribution in [1.82, 2.24) is 4.90 Å².